The lowest BCUT2D eigenvalue weighted by atomic mass is 10.0. The van der Waals surface area contributed by atoms with Crippen LogP contribution in [0.3, 0.4) is 0 Å². The first-order chi connectivity index (χ1) is 8.06. The lowest BCUT2D eigenvalue weighted by Crippen LogP contribution is -2.36. The van der Waals surface area contributed by atoms with Gasteiger partial charge in [0.25, 0.3) is 0 Å². The van der Waals surface area contributed by atoms with Crippen molar-refractivity contribution in [1.29, 1.82) is 0 Å². The molecule has 2 N–H and O–H groups in total. The Kier molecular flexibility index (Phi) is 4.69. The molecular formula is C13H17NO3. The summed E-state index contributed by atoms with van der Waals surface area (Å²) in [7, 11) is 0. The van der Waals surface area contributed by atoms with E-state index in [4.69, 9.17) is 5.11 Å². The van der Waals surface area contributed by atoms with E-state index in [0.29, 0.717) is 0 Å². The van der Waals surface area contributed by atoms with Crippen molar-refractivity contribution in [3.8, 4) is 0 Å². The number of carboxylic acids is 1. The van der Waals surface area contributed by atoms with E-state index in [9.17, 15) is 9.59 Å². The van der Waals surface area contributed by atoms with Crippen molar-refractivity contribution < 1.29 is 14.7 Å². The predicted molar refractivity (Wildman–Crippen MR) is 64.4 cm³/mol. The van der Waals surface area contributed by atoms with Gasteiger partial charge in [-0.15, -0.1) is 0 Å². The fraction of sp³-hybridized carbons (Fsp3) is 0.385. The summed E-state index contributed by atoms with van der Waals surface area (Å²) in [6, 6.07) is 9.39. The summed E-state index contributed by atoms with van der Waals surface area (Å²) >= 11 is 0. The first-order valence-corrected chi connectivity index (χ1v) is 5.64. The first-order valence-electron chi connectivity index (χ1n) is 5.64. The van der Waals surface area contributed by atoms with E-state index in [-0.39, 0.29) is 6.04 Å². The second-order valence-electron chi connectivity index (χ2n) is 3.94. The highest BCUT2D eigenvalue weighted by Gasteiger charge is 2.22. The van der Waals surface area contributed by atoms with Crippen LogP contribution in [0.5, 0.6) is 0 Å². The molecule has 2 atom stereocenters. The summed E-state index contributed by atoms with van der Waals surface area (Å²) in [6.45, 7) is 3.33. The normalized spacial score (nSPS) is 13.8. The Labute approximate surface area is 101 Å². The SMILES string of the molecule is CC[C@@H](NC(=O)[C@@H](C)C(=O)O)c1ccccc1. The highest BCUT2D eigenvalue weighted by Crippen LogP contribution is 2.16. The highest BCUT2D eigenvalue weighted by atomic mass is 16.4. The standard InChI is InChI=1S/C13H17NO3/c1-3-11(10-7-5-4-6-8-10)14-12(15)9(2)13(16)17/h4-9,11H,3H2,1-2H3,(H,14,15)(H,16,17)/t9-,11-/m1/s1. The van der Waals surface area contributed by atoms with Crippen LogP contribution in [-0.2, 0) is 9.59 Å². The van der Waals surface area contributed by atoms with E-state index in [2.05, 4.69) is 5.32 Å². The van der Waals surface area contributed by atoms with Crippen LogP contribution in [0.1, 0.15) is 31.9 Å². The Bertz CT molecular complexity index is 389. The molecule has 0 aromatic heterocycles. The van der Waals surface area contributed by atoms with Gasteiger partial charge < -0.3 is 10.4 Å². The maximum Gasteiger partial charge on any atom is 0.315 e. The van der Waals surface area contributed by atoms with Crippen molar-refractivity contribution in [3.05, 3.63) is 35.9 Å². The summed E-state index contributed by atoms with van der Waals surface area (Å²) < 4.78 is 0. The average Bonchev–Trinajstić information content (AvgIpc) is 2.35. The average molecular weight is 235 g/mol. The van der Waals surface area contributed by atoms with E-state index >= 15 is 0 Å². The molecule has 1 rings (SSSR count). The molecule has 0 heterocycles. The zero-order valence-corrected chi connectivity index (χ0v) is 10.0. The molecule has 0 aliphatic rings. The lowest BCUT2D eigenvalue weighted by Gasteiger charge is -2.18. The Balaban J connectivity index is 2.71. The number of aliphatic carboxylic acids is 1. The number of hydrogen-bond acceptors (Lipinski definition) is 2. The molecule has 0 unspecified atom stereocenters. The van der Waals surface area contributed by atoms with Gasteiger partial charge in [-0.05, 0) is 18.9 Å². The van der Waals surface area contributed by atoms with Crippen LogP contribution >= 0.6 is 0 Å². The molecule has 0 saturated carbocycles. The van der Waals surface area contributed by atoms with Crippen LogP contribution in [-0.4, -0.2) is 17.0 Å². The predicted octanol–water partition coefficient (Wildman–Crippen LogP) is 1.97. The Morgan fingerprint density at radius 1 is 1.29 bits per heavy atom. The smallest absolute Gasteiger partial charge is 0.315 e. The minimum atomic E-state index is -1.11. The second kappa shape index (κ2) is 6.03. The molecule has 0 aliphatic heterocycles. The van der Waals surface area contributed by atoms with Crippen molar-refractivity contribution in [2.45, 2.75) is 26.3 Å². The van der Waals surface area contributed by atoms with E-state index in [1.165, 1.54) is 6.92 Å². The molecule has 4 heteroatoms. The third-order valence-corrected chi connectivity index (χ3v) is 2.69. The van der Waals surface area contributed by atoms with Crippen molar-refractivity contribution in [2.75, 3.05) is 0 Å². The molecule has 1 aromatic rings. The zero-order chi connectivity index (χ0) is 12.8. The Hall–Kier alpha value is -1.84. The number of rotatable bonds is 5. The topological polar surface area (TPSA) is 66.4 Å². The summed E-state index contributed by atoms with van der Waals surface area (Å²) in [6.07, 6.45) is 0.724. The number of carbonyl (C=O) groups excluding carboxylic acids is 1. The van der Waals surface area contributed by atoms with Gasteiger partial charge in [0.1, 0.15) is 5.92 Å². The molecule has 92 valence electrons. The van der Waals surface area contributed by atoms with Crippen molar-refractivity contribution in [1.82, 2.24) is 5.32 Å². The molecule has 0 saturated heterocycles. The number of carboxylic acid groups (broad SMARTS) is 1. The van der Waals surface area contributed by atoms with Crippen molar-refractivity contribution in [2.24, 2.45) is 5.92 Å². The van der Waals surface area contributed by atoms with Crippen LogP contribution in [0.4, 0.5) is 0 Å². The summed E-state index contributed by atoms with van der Waals surface area (Å²) in [4.78, 5) is 22.3. The fourth-order valence-electron chi connectivity index (χ4n) is 1.52. The van der Waals surface area contributed by atoms with Gasteiger partial charge >= 0.3 is 5.97 Å². The minimum Gasteiger partial charge on any atom is -0.481 e. The van der Waals surface area contributed by atoms with Crippen molar-refractivity contribution in [3.63, 3.8) is 0 Å². The van der Waals surface area contributed by atoms with Crippen LogP contribution in [0.25, 0.3) is 0 Å². The van der Waals surface area contributed by atoms with E-state index in [0.717, 1.165) is 12.0 Å². The van der Waals surface area contributed by atoms with Crippen LogP contribution < -0.4 is 5.32 Å². The van der Waals surface area contributed by atoms with E-state index in [1.807, 2.05) is 37.3 Å². The fourth-order valence-corrected chi connectivity index (χ4v) is 1.52. The zero-order valence-electron chi connectivity index (χ0n) is 10.0. The Morgan fingerprint density at radius 3 is 2.35 bits per heavy atom. The van der Waals surface area contributed by atoms with Crippen molar-refractivity contribution >= 4 is 11.9 Å². The number of benzene rings is 1. The van der Waals surface area contributed by atoms with Gasteiger partial charge in [0, 0.05) is 0 Å². The van der Waals surface area contributed by atoms with Crippen LogP contribution in [0.2, 0.25) is 0 Å². The third kappa shape index (κ3) is 3.59. The number of amides is 1. The molecule has 0 fully saturated rings. The summed E-state index contributed by atoms with van der Waals surface area (Å²) in [5.41, 5.74) is 0.987. The van der Waals surface area contributed by atoms with Gasteiger partial charge in [0.15, 0.2) is 0 Å². The maximum absolute atomic E-state index is 11.6. The molecule has 1 amide bonds. The van der Waals surface area contributed by atoms with Crippen LogP contribution in [0, 0.1) is 5.92 Å². The van der Waals surface area contributed by atoms with Gasteiger partial charge in [-0.25, -0.2) is 0 Å². The molecule has 1 aromatic carbocycles. The molecule has 0 radical (unpaired) electrons. The molecule has 0 bridgehead atoms. The molecular weight excluding hydrogens is 218 g/mol. The number of nitrogens with one attached hydrogen (secondary N) is 1. The summed E-state index contributed by atoms with van der Waals surface area (Å²) in [5.74, 6) is -2.58. The number of hydrogen-bond donors (Lipinski definition) is 2. The molecule has 0 spiro atoms. The van der Waals surface area contributed by atoms with E-state index < -0.39 is 17.8 Å². The minimum absolute atomic E-state index is 0.134. The lowest BCUT2D eigenvalue weighted by molar-refractivity contribution is -0.146. The van der Waals surface area contributed by atoms with Gasteiger partial charge in [-0.3, -0.25) is 9.59 Å². The van der Waals surface area contributed by atoms with Gasteiger partial charge in [-0.1, -0.05) is 37.3 Å². The molecule has 0 aliphatic carbocycles. The van der Waals surface area contributed by atoms with E-state index in [1.54, 1.807) is 0 Å². The maximum atomic E-state index is 11.6. The number of carbonyl (C=O) groups is 2. The monoisotopic (exact) mass is 235 g/mol. The Morgan fingerprint density at radius 2 is 1.88 bits per heavy atom. The van der Waals surface area contributed by atoms with Gasteiger partial charge in [-0.2, -0.15) is 0 Å². The second-order valence-corrected chi connectivity index (χ2v) is 3.94. The third-order valence-electron chi connectivity index (χ3n) is 2.69. The molecule has 4 nitrogen and oxygen atoms in total. The summed E-state index contributed by atoms with van der Waals surface area (Å²) in [5, 5.41) is 11.5. The van der Waals surface area contributed by atoms with Gasteiger partial charge in [0.2, 0.25) is 5.91 Å². The quantitative estimate of drug-likeness (QED) is 0.767. The first kappa shape index (κ1) is 13.2. The highest BCUT2D eigenvalue weighted by molar-refractivity contribution is 5.96. The molecule has 17 heavy (non-hydrogen) atoms. The van der Waals surface area contributed by atoms with Crippen LogP contribution in [0.15, 0.2) is 30.3 Å². The largest absolute Gasteiger partial charge is 0.481 e. The van der Waals surface area contributed by atoms with Gasteiger partial charge in [0.05, 0.1) is 6.04 Å².